The van der Waals surface area contributed by atoms with Crippen molar-refractivity contribution in [2.24, 2.45) is 0 Å². The molecule has 3 N–H and O–H groups in total. The lowest BCUT2D eigenvalue weighted by molar-refractivity contribution is 0.769. The highest BCUT2D eigenvalue weighted by molar-refractivity contribution is 7.07. The molecule has 104 valence electrons. The van der Waals surface area contributed by atoms with E-state index in [1.54, 1.807) is 0 Å². The van der Waals surface area contributed by atoms with Crippen LogP contribution in [0.2, 0.25) is 0 Å². The summed E-state index contributed by atoms with van der Waals surface area (Å²) in [6.45, 7) is 6.44. The number of rotatable bonds is 2. The molecule has 0 aromatic carbocycles. The highest BCUT2D eigenvalue weighted by Crippen LogP contribution is 2.28. The number of thiazole rings is 1. The zero-order valence-electron chi connectivity index (χ0n) is 11.5. The van der Waals surface area contributed by atoms with Gasteiger partial charge in [-0.25, -0.2) is 9.97 Å². The second-order valence-corrected chi connectivity index (χ2v) is 5.67. The second kappa shape index (κ2) is 4.45. The number of hydrogen-bond acceptors (Lipinski definition) is 5. The van der Waals surface area contributed by atoms with Gasteiger partial charge in [0.1, 0.15) is 17.3 Å². The average Bonchev–Trinajstić information content (AvgIpc) is 2.87. The molecule has 3 heterocycles. The molecule has 20 heavy (non-hydrogen) atoms. The summed E-state index contributed by atoms with van der Waals surface area (Å²) < 4.78 is 2.06. The Morgan fingerprint density at radius 2 is 2.10 bits per heavy atom. The van der Waals surface area contributed by atoms with E-state index in [1.807, 2.05) is 26.2 Å². The SMILES string of the molecule is Cc1nc(N)c2c(C)c(C)n(Cc3csc(=O)[nH]3)c2n1. The third kappa shape index (κ3) is 1.90. The van der Waals surface area contributed by atoms with E-state index in [4.69, 9.17) is 5.73 Å². The van der Waals surface area contributed by atoms with Crippen LogP contribution in [0.15, 0.2) is 10.2 Å². The molecule has 3 aromatic rings. The molecule has 0 saturated carbocycles. The van der Waals surface area contributed by atoms with Gasteiger partial charge in [-0.1, -0.05) is 11.3 Å². The van der Waals surface area contributed by atoms with Crippen LogP contribution in [0.3, 0.4) is 0 Å². The van der Waals surface area contributed by atoms with Gasteiger partial charge >= 0.3 is 4.87 Å². The Morgan fingerprint density at radius 1 is 1.35 bits per heavy atom. The number of nitrogens with zero attached hydrogens (tertiary/aromatic N) is 3. The van der Waals surface area contributed by atoms with Crippen molar-refractivity contribution in [2.75, 3.05) is 5.73 Å². The second-order valence-electron chi connectivity index (χ2n) is 4.82. The summed E-state index contributed by atoms with van der Waals surface area (Å²) in [5.41, 5.74) is 9.87. The number of aryl methyl sites for hydroxylation is 2. The predicted molar refractivity (Wildman–Crippen MR) is 80.2 cm³/mol. The van der Waals surface area contributed by atoms with Gasteiger partial charge in [0, 0.05) is 16.8 Å². The topological polar surface area (TPSA) is 89.6 Å². The molecule has 7 heteroatoms. The lowest BCUT2D eigenvalue weighted by Gasteiger charge is -2.06. The zero-order valence-corrected chi connectivity index (χ0v) is 12.3. The third-order valence-corrected chi connectivity index (χ3v) is 4.23. The average molecular weight is 289 g/mol. The fraction of sp³-hybridized carbons (Fsp3) is 0.308. The van der Waals surface area contributed by atoms with Gasteiger partial charge in [0.25, 0.3) is 0 Å². The fourth-order valence-electron chi connectivity index (χ4n) is 2.43. The van der Waals surface area contributed by atoms with Crippen LogP contribution < -0.4 is 10.6 Å². The summed E-state index contributed by atoms with van der Waals surface area (Å²) in [4.78, 5) is 22.8. The summed E-state index contributed by atoms with van der Waals surface area (Å²) in [6.07, 6.45) is 0. The molecule has 0 aliphatic rings. The molecule has 0 atom stereocenters. The highest BCUT2D eigenvalue weighted by Gasteiger charge is 2.16. The summed E-state index contributed by atoms with van der Waals surface area (Å²) in [7, 11) is 0. The highest BCUT2D eigenvalue weighted by atomic mass is 32.1. The Balaban J connectivity index is 2.24. The van der Waals surface area contributed by atoms with Gasteiger partial charge in [-0.3, -0.25) is 4.79 Å². The van der Waals surface area contributed by atoms with Crippen LogP contribution in [0, 0.1) is 20.8 Å². The van der Waals surface area contributed by atoms with Crippen LogP contribution in [-0.2, 0) is 6.54 Å². The predicted octanol–water partition coefficient (Wildman–Crippen LogP) is 1.74. The van der Waals surface area contributed by atoms with Crippen LogP contribution in [0.4, 0.5) is 5.82 Å². The molecule has 0 saturated heterocycles. The normalized spacial score (nSPS) is 11.3. The maximum atomic E-state index is 11.3. The fourth-order valence-corrected chi connectivity index (χ4v) is 3.00. The van der Waals surface area contributed by atoms with Gasteiger partial charge < -0.3 is 15.3 Å². The van der Waals surface area contributed by atoms with Crippen molar-refractivity contribution in [1.82, 2.24) is 19.5 Å². The molecule has 6 nitrogen and oxygen atoms in total. The smallest absolute Gasteiger partial charge is 0.304 e. The largest absolute Gasteiger partial charge is 0.383 e. The zero-order chi connectivity index (χ0) is 14.4. The van der Waals surface area contributed by atoms with Crippen LogP contribution >= 0.6 is 11.3 Å². The van der Waals surface area contributed by atoms with E-state index in [9.17, 15) is 4.79 Å². The van der Waals surface area contributed by atoms with Gasteiger partial charge in [-0.05, 0) is 26.3 Å². The number of nitrogens with two attached hydrogens (primary N) is 1. The van der Waals surface area contributed by atoms with E-state index in [0.29, 0.717) is 18.2 Å². The van der Waals surface area contributed by atoms with Crippen LogP contribution in [0.1, 0.15) is 22.8 Å². The molecule has 0 radical (unpaired) electrons. The Labute approximate surface area is 119 Å². The van der Waals surface area contributed by atoms with Gasteiger partial charge in [0.15, 0.2) is 0 Å². The molecule has 0 aliphatic heterocycles. The lowest BCUT2D eigenvalue weighted by Crippen LogP contribution is -2.06. The first-order chi connectivity index (χ1) is 9.47. The number of anilines is 1. The number of nitrogens with one attached hydrogen (secondary N) is 1. The minimum Gasteiger partial charge on any atom is -0.383 e. The lowest BCUT2D eigenvalue weighted by atomic mass is 10.2. The molecule has 0 aliphatic carbocycles. The van der Waals surface area contributed by atoms with E-state index in [0.717, 1.165) is 28.0 Å². The number of H-pyrrole nitrogens is 1. The number of aromatic amines is 1. The molecule has 0 amide bonds. The Morgan fingerprint density at radius 3 is 2.75 bits per heavy atom. The Hall–Kier alpha value is -2.15. The first-order valence-electron chi connectivity index (χ1n) is 6.23. The van der Waals surface area contributed by atoms with Crippen molar-refractivity contribution in [1.29, 1.82) is 0 Å². The number of aromatic nitrogens is 4. The number of nitrogen functional groups attached to an aromatic ring is 1. The van der Waals surface area contributed by atoms with Crippen molar-refractivity contribution in [2.45, 2.75) is 27.3 Å². The molecule has 0 unspecified atom stereocenters. The standard InChI is InChI=1S/C13H15N5OS/c1-6-7(2)18(4-9-5-20-13(19)17-9)12-10(6)11(14)15-8(3)16-12/h5H,4H2,1-3H3,(H,17,19)(H2,14,15,16). The first kappa shape index (κ1) is 12.9. The monoisotopic (exact) mass is 289 g/mol. The van der Waals surface area contributed by atoms with Crippen molar-refractivity contribution in [3.05, 3.63) is 37.8 Å². The van der Waals surface area contributed by atoms with Crippen molar-refractivity contribution < 1.29 is 0 Å². The van der Waals surface area contributed by atoms with Crippen LogP contribution in [0.25, 0.3) is 11.0 Å². The van der Waals surface area contributed by atoms with E-state index < -0.39 is 0 Å². The third-order valence-electron chi connectivity index (χ3n) is 3.51. The van der Waals surface area contributed by atoms with Crippen molar-refractivity contribution in [3.63, 3.8) is 0 Å². The minimum absolute atomic E-state index is 0.0452. The minimum atomic E-state index is -0.0452. The summed E-state index contributed by atoms with van der Waals surface area (Å²) in [5, 5.41) is 2.73. The van der Waals surface area contributed by atoms with E-state index in [1.165, 1.54) is 11.3 Å². The Bertz CT molecular complexity index is 858. The van der Waals surface area contributed by atoms with Crippen molar-refractivity contribution >= 4 is 28.2 Å². The molecular formula is C13H15N5OS. The van der Waals surface area contributed by atoms with Gasteiger partial charge in [0.2, 0.25) is 0 Å². The number of hydrogen-bond donors (Lipinski definition) is 2. The van der Waals surface area contributed by atoms with Gasteiger partial charge in [-0.15, -0.1) is 0 Å². The van der Waals surface area contributed by atoms with Crippen molar-refractivity contribution in [3.8, 4) is 0 Å². The van der Waals surface area contributed by atoms with E-state index in [2.05, 4.69) is 19.5 Å². The maximum Gasteiger partial charge on any atom is 0.304 e. The summed E-state index contributed by atoms with van der Waals surface area (Å²) in [5.74, 6) is 1.15. The molecular weight excluding hydrogens is 274 g/mol. The van der Waals surface area contributed by atoms with Crippen LogP contribution in [-0.4, -0.2) is 19.5 Å². The van der Waals surface area contributed by atoms with Gasteiger partial charge in [0.05, 0.1) is 11.9 Å². The quantitative estimate of drug-likeness (QED) is 0.752. The molecule has 3 rings (SSSR count). The van der Waals surface area contributed by atoms with Gasteiger partial charge in [-0.2, -0.15) is 0 Å². The molecule has 3 aromatic heterocycles. The molecule has 0 bridgehead atoms. The molecule has 0 spiro atoms. The molecule has 0 fully saturated rings. The Kier molecular flexibility index (Phi) is 2.86. The maximum absolute atomic E-state index is 11.3. The van der Waals surface area contributed by atoms with E-state index >= 15 is 0 Å². The number of fused-ring (bicyclic) bond motifs is 1. The van der Waals surface area contributed by atoms with Crippen LogP contribution in [0.5, 0.6) is 0 Å². The summed E-state index contributed by atoms with van der Waals surface area (Å²) >= 11 is 1.17. The summed E-state index contributed by atoms with van der Waals surface area (Å²) in [6, 6.07) is 0. The van der Waals surface area contributed by atoms with E-state index in [-0.39, 0.29) is 4.87 Å². The first-order valence-corrected chi connectivity index (χ1v) is 7.11.